The van der Waals surface area contributed by atoms with Crippen LogP contribution in [-0.4, -0.2) is 59.9 Å². The third kappa shape index (κ3) is 6.10. The Kier molecular flexibility index (Phi) is 7.49. The van der Waals surface area contributed by atoms with Crippen LogP contribution in [0.1, 0.15) is 17.7 Å². The van der Waals surface area contributed by atoms with Gasteiger partial charge in [0.05, 0.1) is 31.8 Å². The Morgan fingerprint density at radius 1 is 1.18 bits per heavy atom. The molecule has 1 aromatic heterocycles. The maximum Gasteiger partial charge on any atom is 0.237 e. The van der Waals surface area contributed by atoms with E-state index < -0.39 is 0 Å². The SMILES string of the molecule is N#CCCN(Cc1ccco1)C(=O)CN1CCN(Cc2cccc(Cl)c2)CC1. The largest absolute Gasteiger partial charge is 0.467 e. The van der Waals surface area contributed by atoms with Crippen molar-refractivity contribution < 1.29 is 9.21 Å². The molecule has 1 fully saturated rings. The molecule has 0 spiro atoms. The van der Waals surface area contributed by atoms with E-state index in [0.717, 1.165) is 43.5 Å². The molecule has 1 aromatic carbocycles. The molecule has 3 rings (SSSR count). The molecule has 28 heavy (non-hydrogen) atoms. The van der Waals surface area contributed by atoms with E-state index in [4.69, 9.17) is 21.3 Å². The van der Waals surface area contributed by atoms with E-state index in [1.807, 2.05) is 24.3 Å². The van der Waals surface area contributed by atoms with Crippen molar-refractivity contribution in [3.05, 3.63) is 59.0 Å². The maximum absolute atomic E-state index is 12.8. The highest BCUT2D eigenvalue weighted by Gasteiger charge is 2.22. The lowest BCUT2D eigenvalue weighted by atomic mass is 10.2. The number of furan rings is 1. The van der Waals surface area contributed by atoms with Crippen LogP contribution in [0.3, 0.4) is 0 Å². The Morgan fingerprint density at radius 3 is 2.64 bits per heavy atom. The van der Waals surface area contributed by atoms with Crippen molar-refractivity contribution in [3.63, 3.8) is 0 Å². The maximum atomic E-state index is 12.8. The molecule has 1 saturated heterocycles. The van der Waals surface area contributed by atoms with Gasteiger partial charge in [-0.2, -0.15) is 5.26 Å². The van der Waals surface area contributed by atoms with Crippen molar-refractivity contribution >= 4 is 17.5 Å². The molecular weight excluding hydrogens is 376 g/mol. The van der Waals surface area contributed by atoms with Gasteiger partial charge in [0.1, 0.15) is 5.76 Å². The molecule has 0 saturated carbocycles. The minimum Gasteiger partial charge on any atom is -0.467 e. The fraction of sp³-hybridized carbons (Fsp3) is 0.429. The molecule has 148 valence electrons. The molecule has 0 aliphatic carbocycles. The summed E-state index contributed by atoms with van der Waals surface area (Å²) in [6.07, 6.45) is 1.92. The van der Waals surface area contributed by atoms with Crippen LogP contribution < -0.4 is 0 Å². The Balaban J connectivity index is 1.48. The lowest BCUT2D eigenvalue weighted by molar-refractivity contribution is -0.133. The van der Waals surface area contributed by atoms with Crippen LogP contribution >= 0.6 is 11.6 Å². The van der Waals surface area contributed by atoms with Gasteiger partial charge in [-0.3, -0.25) is 14.6 Å². The molecule has 0 radical (unpaired) electrons. The normalized spacial score (nSPS) is 15.3. The second kappa shape index (κ2) is 10.3. The van der Waals surface area contributed by atoms with Crippen molar-refractivity contribution in [2.45, 2.75) is 19.5 Å². The Labute approximate surface area is 170 Å². The average Bonchev–Trinajstić information content (AvgIpc) is 3.20. The van der Waals surface area contributed by atoms with Crippen LogP contribution in [0.5, 0.6) is 0 Å². The van der Waals surface area contributed by atoms with E-state index in [2.05, 4.69) is 21.9 Å². The molecule has 1 amide bonds. The minimum absolute atomic E-state index is 0.0370. The van der Waals surface area contributed by atoms with Gasteiger partial charge in [-0.1, -0.05) is 23.7 Å². The number of rotatable bonds is 8. The number of carbonyl (C=O) groups excluding carboxylic acids is 1. The van der Waals surface area contributed by atoms with Crippen LogP contribution in [0, 0.1) is 11.3 Å². The third-order valence-corrected chi connectivity index (χ3v) is 5.13. The van der Waals surface area contributed by atoms with Crippen LogP contribution in [0.25, 0.3) is 0 Å². The zero-order valence-electron chi connectivity index (χ0n) is 15.9. The van der Waals surface area contributed by atoms with Gasteiger partial charge in [0.2, 0.25) is 5.91 Å². The molecule has 1 aliphatic heterocycles. The minimum atomic E-state index is 0.0370. The van der Waals surface area contributed by atoms with Gasteiger partial charge in [0.25, 0.3) is 0 Å². The van der Waals surface area contributed by atoms with E-state index in [1.165, 1.54) is 5.56 Å². The van der Waals surface area contributed by atoms with Crippen molar-refractivity contribution in [2.24, 2.45) is 0 Å². The van der Waals surface area contributed by atoms with Crippen LogP contribution in [0.4, 0.5) is 0 Å². The third-order valence-electron chi connectivity index (χ3n) is 4.89. The van der Waals surface area contributed by atoms with E-state index in [1.54, 1.807) is 17.2 Å². The smallest absolute Gasteiger partial charge is 0.237 e. The molecule has 2 heterocycles. The van der Waals surface area contributed by atoms with Crippen molar-refractivity contribution in [3.8, 4) is 6.07 Å². The summed E-state index contributed by atoms with van der Waals surface area (Å²) in [5, 5.41) is 9.64. The zero-order valence-corrected chi connectivity index (χ0v) is 16.6. The Hall–Kier alpha value is -2.33. The molecule has 0 atom stereocenters. The number of nitriles is 1. The molecule has 2 aromatic rings. The standard InChI is InChI=1S/C21H25ClN4O2/c22-19-5-1-4-18(14-19)15-24-9-11-25(12-10-24)17-21(27)26(8-3-7-23)16-20-6-2-13-28-20/h1-2,4-6,13-14H,3,8-12,15-17H2. The molecule has 7 heteroatoms. The Morgan fingerprint density at radius 2 is 1.96 bits per heavy atom. The topological polar surface area (TPSA) is 63.7 Å². The number of halogens is 1. The second-order valence-corrected chi connectivity index (χ2v) is 7.42. The number of hydrogen-bond acceptors (Lipinski definition) is 5. The number of piperazine rings is 1. The summed E-state index contributed by atoms with van der Waals surface area (Å²) in [7, 11) is 0. The lowest BCUT2D eigenvalue weighted by Gasteiger charge is -2.35. The molecule has 0 unspecified atom stereocenters. The van der Waals surface area contributed by atoms with Gasteiger partial charge in [-0.05, 0) is 29.8 Å². The molecule has 1 aliphatic rings. The lowest BCUT2D eigenvalue weighted by Crippen LogP contribution is -2.49. The van der Waals surface area contributed by atoms with Gasteiger partial charge < -0.3 is 9.32 Å². The summed E-state index contributed by atoms with van der Waals surface area (Å²) in [5.41, 5.74) is 1.21. The second-order valence-electron chi connectivity index (χ2n) is 6.98. The van der Waals surface area contributed by atoms with E-state index in [9.17, 15) is 4.79 Å². The first-order valence-corrected chi connectivity index (χ1v) is 9.88. The highest BCUT2D eigenvalue weighted by molar-refractivity contribution is 6.30. The first-order valence-electron chi connectivity index (χ1n) is 9.50. The Bertz CT molecular complexity index is 795. The predicted octanol–water partition coefficient (Wildman–Crippen LogP) is 2.99. The molecular formula is C21H25ClN4O2. The van der Waals surface area contributed by atoms with Gasteiger partial charge in [0.15, 0.2) is 0 Å². The van der Waals surface area contributed by atoms with Gasteiger partial charge in [0, 0.05) is 44.3 Å². The number of carbonyl (C=O) groups is 1. The van der Waals surface area contributed by atoms with Gasteiger partial charge >= 0.3 is 0 Å². The van der Waals surface area contributed by atoms with Gasteiger partial charge in [-0.25, -0.2) is 0 Å². The predicted molar refractivity (Wildman–Crippen MR) is 108 cm³/mol. The highest BCUT2D eigenvalue weighted by atomic mass is 35.5. The number of amides is 1. The monoisotopic (exact) mass is 400 g/mol. The first kappa shape index (κ1) is 20.4. The van der Waals surface area contributed by atoms with Crippen molar-refractivity contribution in [2.75, 3.05) is 39.3 Å². The van der Waals surface area contributed by atoms with E-state index >= 15 is 0 Å². The fourth-order valence-electron chi connectivity index (χ4n) is 3.36. The van der Waals surface area contributed by atoms with Crippen molar-refractivity contribution in [1.82, 2.24) is 14.7 Å². The van der Waals surface area contributed by atoms with E-state index in [0.29, 0.717) is 26.1 Å². The average molecular weight is 401 g/mol. The summed E-state index contributed by atoms with van der Waals surface area (Å²) in [4.78, 5) is 19.0. The summed E-state index contributed by atoms with van der Waals surface area (Å²) in [5.74, 6) is 0.771. The number of benzene rings is 1. The number of nitrogens with zero attached hydrogens (tertiary/aromatic N) is 4. The van der Waals surface area contributed by atoms with Crippen LogP contribution in [-0.2, 0) is 17.9 Å². The fourth-order valence-corrected chi connectivity index (χ4v) is 3.57. The van der Waals surface area contributed by atoms with Crippen LogP contribution in [0.2, 0.25) is 5.02 Å². The summed E-state index contributed by atoms with van der Waals surface area (Å²) < 4.78 is 5.36. The number of hydrogen-bond donors (Lipinski definition) is 0. The molecule has 6 nitrogen and oxygen atoms in total. The zero-order chi connectivity index (χ0) is 19.8. The quantitative estimate of drug-likeness (QED) is 0.681. The highest BCUT2D eigenvalue weighted by Crippen LogP contribution is 2.14. The first-order chi connectivity index (χ1) is 13.6. The van der Waals surface area contributed by atoms with Gasteiger partial charge in [-0.15, -0.1) is 0 Å². The summed E-state index contributed by atoms with van der Waals surface area (Å²) >= 11 is 6.06. The molecule has 0 bridgehead atoms. The summed E-state index contributed by atoms with van der Waals surface area (Å²) in [6, 6.07) is 13.7. The van der Waals surface area contributed by atoms with E-state index in [-0.39, 0.29) is 5.91 Å². The summed E-state index contributed by atoms with van der Waals surface area (Å²) in [6.45, 7) is 5.59. The van der Waals surface area contributed by atoms with Crippen LogP contribution in [0.15, 0.2) is 47.1 Å². The molecule has 0 N–H and O–H groups in total. The van der Waals surface area contributed by atoms with Crippen molar-refractivity contribution in [1.29, 1.82) is 5.26 Å².